The molecule has 0 bridgehead atoms. The lowest BCUT2D eigenvalue weighted by Crippen LogP contribution is -2.38. The number of fused-ring (bicyclic) bond motifs is 1. The fraction of sp³-hybridized carbons (Fsp3) is 0.333. The first-order valence-corrected chi connectivity index (χ1v) is 11.5. The van der Waals surface area contributed by atoms with Crippen LogP contribution in [-0.4, -0.2) is 44.8 Å². The van der Waals surface area contributed by atoms with Gasteiger partial charge in [0, 0.05) is 31.6 Å². The molecule has 1 atom stereocenters. The minimum atomic E-state index is -3.61. The Morgan fingerprint density at radius 3 is 2.63 bits per heavy atom. The van der Waals surface area contributed by atoms with Crippen LogP contribution in [0.2, 0.25) is 0 Å². The Labute approximate surface area is 175 Å². The van der Waals surface area contributed by atoms with Crippen LogP contribution in [0, 0.1) is 0 Å². The molecule has 1 unspecified atom stereocenters. The number of hydrogen-bond donors (Lipinski definition) is 3. The van der Waals surface area contributed by atoms with E-state index in [1.54, 1.807) is 48.5 Å². The molecule has 0 spiro atoms. The van der Waals surface area contributed by atoms with Gasteiger partial charge < -0.3 is 15.5 Å². The van der Waals surface area contributed by atoms with E-state index < -0.39 is 16.2 Å². The third-order valence-corrected chi connectivity index (χ3v) is 6.80. The first-order valence-electron chi connectivity index (χ1n) is 9.98. The smallest absolute Gasteiger partial charge is 0.251 e. The van der Waals surface area contributed by atoms with E-state index >= 15 is 0 Å². The summed E-state index contributed by atoms with van der Waals surface area (Å²) >= 11 is 0. The first-order chi connectivity index (χ1) is 14.4. The summed E-state index contributed by atoms with van der Waals surface area (Å²) in [6.07, 6.45) is 1.63. The molecule has 0 saturated carbocycles. The van der Waals surface area contributed by atoms with Crippen molar-refractivity contribution in [1.82, 2.24) is 14.9 Å². The van der Waals surface area contributed by atoms with Gasteiger partial charge in [0.05, 0.1) is 5.69 Å². The van der Waals surface area contributed by atoms with E-state index in [-0.39, 0.29) is 16.7 Å². The van der Waals surface area contributed by atoms with Crippen molar-refractivity contribution in [2.45, 2.75) is 30.3 Å². The molecule has 2 heterocycles. The van der Waals surface area contributed by atoms with Crippen molar-refractivity contribution in [3.8, 4) is 0 Å². The maximum atomic E-state index is 12.5. The number of carbonyl (C=O) groups excluding carboxylic acids is 2. The largest absolute Gasteiger partial charge is 0.364 e. The Morgan fingerprint density at radius 2 is 1.90 bits per heavy atom. The molecule has 1 fully saturated rings. The highest BCUT2D eigenvalue weighted by Crippen LogP contribution is 2.30. The molecule has 2 aliphatic rings. The van der Waals surface area contributed by atoms with Crippen molar-refractivity contribution in [3.63, 3.8) is 0 Å². The second-order valence-electron chi connectivity index (χ2n) is 7.41. The van der Waals surface area contributed by atoms with Crippen molar-refractivity contribution in [2.75, 3.05) is 25.0 Å². The molecule has 2 aromatic rings. The predicted octanol–water partition coefficient (Wildman–Crippen LogP) is 1.83. The van der Waals surface area contributed by atoms with Gasteiger partial charge in [0.15, 0.2) is 0 Å². The van der Waals surface area contributed by atoms with E-state index in [2.05, 4.69) is 15.4 Å². The van der Waals surface area contributed by atoms with Crippen LogP contribution < -0.4 is 15.4 Å². The van der Waals surface area contributed by atoms with E-state index in [0.717, 1.165) is 13.0 Å². The summed E-state index contributed by atoms with van der Waals surface area (Å²) < 4.78 is 27.5. The highest BCUT2D eigenvalue weighted by molar-refractivity contribution is 7.89. The predicted molar refractivity (Wildman–Crippen MR) is 112 cm³/mol. The van der Waals surface area contributed by atoms with Crippen molar-refractivity contribution in [1.29, 1.82) is 0 Å². The van der Waals surface area contributed by atoms with Gasteiger partial charge in [-0.2, -0.15) is 4.72 Å². The summed E-state index contributed by atoms with van der Waals surface area (Å²) in [5.74, 6) is -0.0108. The van der Waals surface area contributed by atoms with Gasteiger partial charge in [-0.05, 0) is 42.7 Å². The second kappa shape index (κ2) is 8.45. The lowest BCUT2D eigenvalue weighted by Gasteiger charge is -2.28. The molecule has 1 saturated heterocycles. The lowest BCUT2D eigenvalue weighted by molar-refractivity contribution is -0.127. The van der Waals surface area contributed by atoms with E-state index in [9.17, 15) is 18.0 Å². The molecule has 0 aromatic heterocycles. The Bertz CT molecular complexity index is 1050. The van der Waals surface area contributed by atoms with Crippen LogP contribution in [0.4, 0.5) is 5.69 Å². The number of nitrogens with zero attached hydrogens (tertiary/aromatic N) is 1. The van der Waals surface area contributed by atoms with Gasteiger partial charge in [-0.25, -0.2) is 8.42 Å². The molecule has 30 heavy (non-hydrogen) atoms. The third kappa shape index (κ3) is 4.31. The number of rotatable bonds is 6. The summed E-state index contributed by atoms with van der Waals surface area (Å²) in [6.45, 7) is 1.95. The van der Waals surface area contributed by atoms with Gasteiger partial charge in [-0.15, -0.1) is 0 Å². The Kier molecular flexibility index (Phi) is 5.74. The van der Waals surface area contributed by atoms with E-state index in [0.29, 0.717) is 42.7 Å². The monoisotopic (exact) mass is 428 g/mol. The lowest BCUT2D eigenvalue weighted by atomic mass is 10.1. The van der Waals surface area contributed by atoms with E-state index in [4.69, 9.17) is 0 Å². The van der Waals surface area contributed by atoms with Gasteiger partial charge >= 0.3 is 0 Å². The number of carbonyl (C=O) groups is 2. The number of anilines is 1. The number of likely N-dealkylation sites (tertiary alicyclic amines) is 1. The second-order valence-corrected chi connectivity index (χ2v) is 9.09. The maximum Gasteiger partial charge on any atom is 0.251 e. The Morgan fingerprint density at radius 1 is 1.13 bits per heavy atom. The van der Waals surface area contributed by atoms with Crippen LogP contribution in [0.3, 0.4) is 0 Å². The quantitative estimate of drug-likeness (QED) is 0.609. The zero-order valence-corrected chi connectivity index (χ0v) is 17.2. The van der Waals surface area contributed by atoms with Crippen LogP contribution in [0.15, 0.2) is 53.4 Å². The fourth-order valence-electron chi connectivity index (χ4n) is 3.72. The highest BCUT2D eigenvalue weighted by atomic mass is 32.2. The Balaban J connectivity index is 1.34. The molecule has 158 valence electrons. The number of sulfonamides is 1. The van der Waals surface area contributed by atoms with Gasteiger partial charge in [-0.1, -0.05) is 24.3 Å². The van der Waals surface area contributed by atoms with Gasteiger partial charge in [0.2, 0.25) is 15.9 Å². The number of para-hydroxylation sites is 1. The van der Waals surface area contributed by atoms with Gasteiger partial charge in [0.1, 0.15) is 11.1 Å². The SMILES string of the molecule is O=C(NCCCN1CCCC1=O)c1ccc(C2Nc3ccccc3S(=O)(=O)N2)cc1. The normalized spacial score (nSPS) is 19.8. The molecule has 9 heteroatoms. The number of amides is 2. The standard InChI is InChI=1S/C21H24N4O4S/c26-19-7-3-13-25(19)14-4-12-22-21(27)16-10-8-15(9-11-16)20-23-17-5-1-2-6-18(17)30(28,29)24-20/h1-2,5-6,8-11,20,23-24H,3-4,7,12-14H2,(H,22,27). The molecule has 2 aromatic carbocycles. The van der Waals surface area contributed by atoms with E-state index in [1.165, 1.54) is 0 Å². The topological polar surface area (TPSA) is 108 Å². The fourth-order valence-corrected chi connectivity index (χ4v) is 5.02. The number of benzene rings is 2. The zero-order chi connectivity index (χ0) is 21.1. The molecule has 2 amide bonds. The minimum Gasteiger partial charge on any atom is -0.364 e. The van der Waals surface area contributed by atoms with Crippen molar-refractivity contribution in [3.05, 3.63) is 59.7 Å². The third-order valence-electron chi connectivity index (χ3n) is 5.32. The molecule has 0 radical (unpaired) electrons. The summed E-state index contributed by atoms with van der Waals surface area (Å²) in [4.78, 5) is 26.0. The molecular formula is C21H24N4O4S. The summed E-state index contributed by atoms with van der Waals surface area (Å²) in [5.41, 5.74) is 1.74. The highest BCUT2D eigenvalue weighted by Gasteiger charge is 2.29. The van der Waals surface area contributed by atoms with Crippen molar-refractivity contribution in [2.24, 2.45) is 0 Å². The van der Waals surface area contributed by atoms with Crippen molar-refractivity contribution >= 4 is 27.5 Å². The molecule has 2 aliphatic heterocycles. The summed E-state index contributed by atoms with van der Waals surface area (Å²) in [6, 6.07) is 13.5. The zero-order valence-electron chi connectivity index (χ0n) is 16.4. The molecule has 0 aliphatic carbocycles. The molecular weight excluding hydrogens is 404 g/mol. The summed E-state index contributed by atoms with van der Waals surface area (Å²) in [7, 11) is -3.61. The van der Waals surface area contributed by atoms with Crippen LogP contribution in [0.5, 0.6) is 0 Å². The van der Waals surface area contributed by atoms with Crippen LogP contribution in [0.25, 0.3) is 0 Å². The Hall–Kier alpha value is -2.91. The van der Waals surface area contributed by atoms with Crippen molar-refractivity contribution < 1.29 is 18.0 Å². The molecule has 4 rings (SSSR count). The maximum absolute atomic E-state index is 12.5. The summed E-state index contributed by atoms with van der Waals surface area (Å²) in [5, 5.41) is 6.03. The first kappa shape index (κ1) is 20.4. The average molecular weight is 429 g/mol. The average Bonchev–Trinajstić information content (AvgIpc) is 3.15. The van der Waals surface area contributed by atoms with Crippen LogP contribution >= 0.6 is 0 Å². The van der Waals surface area contributed by atoms with Crippen LogP contribution in [-0.2, 0) is 14.8 Å². The minimum absolute atomic E-state index is 0.187. The number of hydrogen-bond acceptors (Lipinski definition) is 5. The van der Waals surface area contributed by atoms with Gasteiger partial charge in [-0.3, -0.25) is 9.59 Å². The van der Waals surface area contributed by atoms with E-state index in [1.807, 2.05) is 4.90 Å². The van der Waals surface area contributed by atoms with Crippen LogP contribution in [0.1, 0.15) is 41.3 Å². The molecule has 3 N–H and O–H groups in total. The van der Waals surface area contributed by atoms with Gasteiger partial charge in [0.25, 0.3) is 5.91 Å². The number of nitrogens with one attached hydrogen (secondary N) is 3. The molecule has 8 nitrogen and oxygen atoms in total.